The van der Waals surface area contributed by atoms with Crippen molar-refractivity contribution in [2.45, 2.75) is 19.8 Å². The molecule has 1 aliphatic rings. The van der Waals surface area contributed by atoms with E-state index in [1.165, 1.54) is 6.42 Å². The van der Waals surface area contributed by atoms with Crippen LogP contribution in [0.25, 0.3) is 0 Å². The quantitative estimate of drug-likeness (QED) is 0.850. The molecule has 1 aliphatic heterocycles. The van der Waals surface area contributed by atoms with Gasteiger partial charge in [-0.3, -0.25) is 0 Å². The number of nitrogens with zero attached hydrogens (tertiary/aromatic N) is 3. The molecule has 3 nitrogen and oxygen atoms in total. The van der Waals surface area contributed by atoms with Crippen LogP contribution in [-0.4, -0.2) is 37.6 Å². The van der Waals surface area contributed by atoms with Gasteiger partial charge in [0.2, 0.25) is 0 Å². The Morgan fingerprint density at radius 3 is 2.84 bits per heavy atom. The van der Waals surface area contributed by atoms with Gasteiger partial charge in [-0.25, -0.2) is 0 Å². The fourth-order valence-electron chi connectivity index (χ4n) is 2.66. The molecule has 0 aromatic heterocycles. The highest BCUT2D eigenvalue weighted by molar-refractivity contribution is 6.33. The Balaban J connectivity index is 2.17. The van der Waals surface area contributed by atoms with Crippen molar-refractivity contribution in [1.29, 1.82) is 5.26 Å². The lowest BCUT2D eigenvalue weighted by Crippen LogP contribution is -2.31. The molecule has 0 radical (unpaired) electrons. The first-order chi connectivity index (χ1) is 9.26. The first kappa shape index (κ1) is 14.2. The molecule has 1 aromatic rings. The summed E-state index contributed by atoms with van der Waals surface area (Å²) in [4.78, 5) is 4.75. The van der Waals surface area contributed by atoms with E-state index in [4.69, 9.17) is 11.6 Å². The molecule has 19 heavy (non-hydrogen) atoms. The molecule has 0 spiro atoms. The molecule has 1 saturated heterocycles. The van der Waals surface area contributed by atoms with Crippen LogP contribution in [0.2, 0.25) is 5.02 Å². The second-order valence-corrected chi connectivity index (χ2v) is 5.34. The largest absolute Gasteiger partial charge is 0.368 e. The number of hydrogen-bond acceptors (Lipinski definition) is 3. The van der Waals surface area contributed by atoms with Gasteiger partial charge in [-0.15, -0.1) is 0 Å². The molecule has 1 aromatic carbocycles. The van der Waals surface area contributed by atoms with Crippen molar-refractivity contribution in [3.8, 4) is 6.07 Å². The molecule has 1 heterocycles. The molecule has 1 fully saturated rings. The smallest absolute Gasteiger partial charge is 0.101 e. The summed E-state index contributed by atoms with van der Waals surface area (Å²) >= 11 is 6.29. The maximum atomic E-state index is 9.23. The number of rotatable bonds is 3. The molecule has 0 aliphatic carbocycles. The number of halogens is 1. The van der Waals surface area contributed by atoms with Gasteiger partial charge in [0.05, 0.1) is 16.3 Å². The summed E-state index contributed by atoms with van der Waals surface area (Å²) in [6.45, 7) is 7.46. The van der Waals surface area contributed by atoms with Crippen LogP contribution in [0.5, 0.6) is 0 Å². The third-order valence-corrected chi connectivity index (χ3v) is 3.86. The van der Waals surface area contributed by atoms with Crippen molar-refractivity contribution in [3.63, 3.8) is 0 Å². The van der Waals surface area contributed by atoms with Crippen molar-refractivity contribution < 1.29 is 0 Å². The molecule has 0 saturated carbocycles. The third kappa shape index (κ3) is 3.40. The van der Waals surface area contributed by atoms with Gasteiger partial charge in [0, 0.05) is 19.6 Å². The van der Waals surface area contributed by atoms with Gasteiger partial charge in [0.1, 0.15) is 6.07 Å². The Morgan fingerprint density at radius 1 is 1.26 bits per heavy atom. The van der Waals surface area contributed by atoms with E-state index in [0.29, 0.717) is 10.6 Å². The van der Waals surface area contributed by atoms with E-state index in [2.05, 4.69) is 22.8 Å². The van der Waals surface area contributed by atoms with Crippen molar-refractivity contribution in [2.75, 3.05) is 37.6 Å². The lowest BCUT2D eigenvalue weighted by molar-refractivity contribution is 0.294. The fourth-order valence-corrected chi connectivity index (χ4v) is 2.96. The topological polar surface area (TPSA) is 30.3 Å². The van der Waals surface area contributed by atoms with E-state index in [0.717, 1.165) is 44.8 Å². The summed E-state index contributed by atoms with van der Waals surface area (Å²) in [7, 11) is 0. The van der Waals surface area contributed by atoms with Crippen LogP contribution < -0.4 is 4.90 Å². The minimum Gasteiger partial charge on any atom is -0.368 e. The summed E-state index contributed by atoms with van der Waals surface area (Å²) < 4.78 is 0. The fraction of sp³-hybridized carbons (Fsp3) is 0.533. The average Bonchev–Trinajstić information content (AvgIpc) is 2.64. The van der Waals surface area contributed by atoms with Gasteiger partial charge in [0.15, 0.2) is 0 Å². The number of anilines is 1. The number of para-hydroxylation sites is 1. The van der Waals surface area contributed by atoms with Crippen molar-refractivity contribution in [2.24, 2.45) is 0 Å². The lowest BCUT2D eigenvalue weighted by atomic mass is 10.1. The predicted molar refractivity (Wildman–Crippen MR) is 79.7 cm³/mol. The standard InChI is InChI=1S/C15H20ClN3/c1-2-7-18-8-4-9-19(11-10-18)15-13(12-17)5-3-6-14(15)16/h3,5-6H,2,4,7-11H2,1H3. The van der Waals surface area contributed by atoms with E-state index in [9.17, 15) is 5.26 Å². The summed E-state index contributed by atoms with van der Waals surface area (Å²) in [5, 5.41) is 9.92. The van der Waals surface area contributed by atoms with Crippen LogP contribution in [0.1, 0.15) is 25.3 Å². The number of hydrogen-bond donors (Lipinski definition) is 0. The monoisotopic (exact) mass is 277 g/mol. The highest BCUT2D eigenvalue weighted by Crippen LogP contribution is 2.30. The van der Waals surface area contributed by atoms with Crippen LogP contribution in [0.3, 0.4) is 0 Å². The highest BCUT2D eigenvalue weighted by Gasteiger charge is 2.19. The Labute approximate surface area is 120 Å². The van der Waals surface area contributed by atoms with Gasteiger partial charge in [-0.2, -0.15) is 5.26 Å². The van der Waals surface area contributed by atoms with Crippen LogP contribution in [0, 0.1) is 11.3 Å². The first-order valence-electron chi connectivity index (χ1n) is 6.92. The minimum absolute atomic E-state index is 0.677. The lowest BCUT2D eigenvalue weighted by Gasteiger charge is -2.25. The molecule has 0 amide bonds. The average molecular weight is 278 g/mol. The van der Waals surface area contributed by atoms with E-state index in [-0.39, 0.29) is 0 Å². The summed E-state index contributed by atoms with van der Waals surface area (Å²) in [6.07, 6.45) is 2.31. The van der Waals surface area contributed by atoms with Crippen LogP contribution in [0.15, 0.2) is 18.2 Å². The Bertz CT molecular complexity index is 467. The number of nitriles is 1. The van der Waals surface area contributed by atoms with Crippen LogP contribution in [0.4, 0.5) is 5.69 Å². The van der Waals surface area contributed by atoms with Gasteiger partial charge in [-0.05, 0) is 38.1 Å². The number of benzene rings is 1. The van der Waals surface area contributed by atoms with E-state index in [1.807, 2.05) is 18.2 Å². The van der Waals surface area contributed by atoms with Crippen molar-refractivity contribution in [1.82, 2.24) is 4.90 Å². The second kappa shape index (κ2) is 6.79. The zero-order chi connectivity index (χ0) is 13.7. The SMILES string of the molecule is CCCN1CCCN(c2c(Cl)cccc2C#N)CC1. The maximum absolute atomic E-state index is 9.23. The molecule has 0 bridgehead atoms. The molecule has 2 rings (SSSR count). The van der Waals surface area contributed by atoms with Crippen molar-refractivity contribution >= 4 is 17.3 Å². The van der Waals surface area contributed by atoms with Crippen molar-refractivity contribution in [3.05, 3.63) is 28.8 Å². The molecular weight excluding hydrogens is 258 g/mol. The van der Waals surface area contributed by atoms with E-state index >= 15 is 0 Å². The van der Waals surface area contributed by atoms with Crippen LogP contribution in [-0.2, 0) is 0 Å². The highest BCUT2D eigenvalue weighted by atomic mass is 35.5. The predicted octanol–water partition coefficient (Wildman–Crippen LogP) is 3.13. The molecule has 0 atom stereocenters. The normalized spacial score (nSPS) is 17.0. The summed E-state index contributed by atoms with van der Waals surface area (Å²) in [5.74, 6) is 0. The Morgan fingerprint density at radius 2 is 2.11 bits per heavy atom. The molecule has 102 valence electrons. The van der Waals surface area contributed by atoms with E-state index < -0.39 is 0 Å². The van der Waals surface area contributed by atoms with Gasteiger partial charge < -0.3 is 9.80 Å². The van der Waals surface area contributed by atoms with Gasteiger partial charge in [-0.1, -0.05) is 24.6 Å². The first-order valence-corrected chi connectivity index (χ1v) is 7.30. The molecule has 0 N–H and O–H groups in total. The van der Waals surface area contributed by atoms with Crippen LogP contribution >= 0.6 is 11.6 Å². The maximum Gasteiger partial charge on any atom is 0.101 e. The van der Waals surface area contributed by atoms with Gasteiger partial charge >= 0.3 is 0 Å². The molecule has 4 heteroatoms. The Hall–Kier alpha value is -1.24. The second-order valence-electron chi connectivity index (χ2n) is 4.93. The summed E-state index contributed by atoms with van der Waals surface area (Å²) in [6, 6.07) is 7.80. The summed E-state index contributed by atoms with van der Waals surface area (Å²) in [5.41, 5.74) is 1.58. The zero-order valence-electron chi connectivity index (χ0n) is 11.4. The molecule has 0 unspecified atom stereocenters. The molecular formula is C15H20ClN3. The Kier molecular flexibility index (Phi) is 5.07. The zero-order valence-corrected chi connectivity index (χ0v) is 12.2. The van der Waals surface area contributed by atoms with E-state index in [1.54, 1.807) is 0 Å². The third-order valence-electron chi connectivity index (χ3n) is 3.55. The van der Waals surface area contributed by atoms with Gasteiger partial charge in [0.25, 0.3) is 0 Å². The minimum atomic E-state index is 0.677.